The summed E-state index contributed by atoms with van der Waals surface area (Å²) in [5.41, 5.74) is 7.38. The normalized spacial score (nSPS) is 10.9. The zero-order chi connectivity index (χ0) is 25.3. The van der Waals surface area contributed by atoms with Gasteiger partial charge in [0.05, 0.1) is 0 Å². The molecule has 3 aromatic rings. The van der Waals surface area contributed by atoms with Crippen molar-refractivity contribution in [3.05, 3.63) is 83.9 Å². The molecule has 0 spiro atoms. The van der Waals surface area contributed by atoms with Crippen molar-refractivity contribution >= 4 is 22.7 Å². The highest BCUT2D eigenvalue weighted by Crippen LogP contribution is 2.23. The smallest absolute Gasteiger partial charge is 0.0385 e. The van der Waals surface area contributed by atoms with Crippen LogP contribution in [-0.4, -0.2) is 0 Å². The van der Waals surface area contributed by atoms with Crippen LogP contribution in [0.15, 0.2) is 72.8 Å². The summed E-state index contributed by atoms with van der Waals surface area (Å²) in [6, 6.07) is 26.4. The van der Waals surface area contributed by atoms with Crippen LogP contribution < -0.4 is 10.6 Å². The predicted molar refractivity (Wildman–Crippen MR) is 160 cm³/mol. The van der Waals surface area contributed by atoms with Crippen LogP contribution in [-0.2, 0) is 12.8 Å². The molecule has 36 heavy (non-hydrogen) atoms. The van der Waals surface area contributed by atoms with Crippen LogP contribution in [0.4, 0.5) is 22.7 Å². The van der Waals surface area contributed by atoms with Crippen LogP contribution in [0.3, 0.4) is 0 Å². The van der Waals surface area contributed by atoms with E-state index in [0.717, 1.165) is 22.7 Å². The highest BCUT2D eigenvalue weighted by Gasteiger charge is 2.00. The first-order valence-corrected chi connectivity index (χ1v) is 14.6. The maximum atomic E-state index is 3.53. The van der Waals surface area contributed by atoms with E-state index in [0.29, 0.717) is 0 Å². The second-order valence-corrected chi connectivity index (χ2v) is 10.3. The number of benzene rings is 3. The van der Waals surface area contributed by atoms with E-state index in [1.54, 1.807) is 0 Å². The largest absolute Gasteiger partial charge is 0.356 e. The van der Waals surface area contributed by atoms with E-state index in [9.17, 15) is 0 Å². The number of rotatable bonds is 18. The molecule has 0 atom stereocenters. The SMILES string of the molecule is CCCCCCCCc1ccc(Nc2ccc(Nc3ccc(CCCCCCCC)cc3)cc2)cc1. The Morgan fingerprint density at radius 3 is 0.972 bits per heavy atom. The van der Waals surface area contributed by atoms with E-state index >= 15 is 0 Å². The third-order valence-electron chi connectivity index (χ3n) is 7.01. The first-order valence-electron chi connectivity index (χ1n) is 14.6. The Hall–Kier alpha value is -2.74. The van der Waals surface area contributed by atoms with Gasteiger partial charge >= 0.3 is 0 Å². The summed E-state index contributed by atoms with van der Waals surface area (Å²) in [7, 11) is 0. The molecule has 2 N–H and O–H groups in total. The van der Waals surface area contributed by atoms with Crippen LogP contribution >= 0.6 is 0 Å². The molecule has 0 aliphatic heterocycles. The maximum Gasteiger partial charge on any atom is 0.0385 e. The van der Waals surface area contributed by atoms with Crippen LogP contribution in [0.2, 0.25) is 0 Å². The van der Waals surface area contributed by atoms with E-state index in [1.807, 2.05) is 0 Å². The number of nitrogens with one attached hydrogen (secondary N) is 2. The Bertz CT molecular complexity index is 861. The second-order valence-electron chi connectivity index (χ2n) is 10.3. The minimum Gasteiger partial charge on any atom is -0.356 e. The molecule has 0 amide bonds. The number of hydrogen-bond acceptors (Lipinski definition) is 2. The van der Waals surface area contributed by atoms with Gasteiger partial charge in [0, 0.05) is 22.7 Å². The zero-order valence-corrected chi connectivity index (χ0v) is 22.8. The number of hydrogen-bond donors (Lipinski definition) is 2. The fraction of sp³-hybridized carbons (Fsp3) is 0.471. The lowest BCUT2D eigenvalue weighted by Gasteiger charge is -2.11. The lowest BCUT2D eigenvalue weighted by molar-refractivity contribution is 0.607. The average molecular weight is 485 g/mol. The van der Waals surface area contributed by atoms with E-state index in [1.165, 1.54) is 101 Å². The van der Waals surface area contributed by atoms with Crippen molar-refractivity contribution < 1.29 is 0 Å². The maximum absolute atomic E-state index is 3.53. The van der Waals surface area contributed by atoms with Crippen molar-refractivity contribution in [2.75, 3.05) is 10.6 Å². The van der Waals surface area contributed by atoms with Crippen LogP contribution in [0.5, 0.6) is 0 Å². The van der Waals surface area contributed by atoms with E-state index in [4.69, 9.17) is 0 Å². The van der Waals surface area contributed by atoms with Gasteiger partial charge in [-0.3, -0.25) is 0 Å². The number of unbranched alkanes of at least 4 members (excludes halogenated alkanes) is 10. The molecule has 0 saturated carbocycles. The zero-order valence-electron chi connectivity index (χ0n) is 22.8. The molecule has 0 aromatic heterocycles. The molecule has 0 heterocycles. The first-order chi connectivity index (χ1) is 17.8. The van der Waals surface area contributed by atoms with Crippen LogP contribution in [0, 0.1) is 0 Å². The third kappa shape index (κ3) is 10.9. The molecule has 2 nitrogen and oxygen atoms in total. The van der Waals surface area contributed by atoms with Crippen LogP contribution in [0.1, 0.15) is 102 Å². The molecule has 194 valence electrons. The van der Waals surface area contributed by atoms with Gasteiger partial charge in [-0.05, 0) is 85.3 Å². The molecule has 0 aliphatic carbocycles. The van der Waals surface area contributed by atoms with Gasteiger partial charge in [0.25, 0.3) is 0 Å². The number of anilines is 4. The average Bonchev–Trinajstić information content (AvgIpc) is 2.91. The molecule has 0 fully saturated rings. The van der Waals surface area contributed by atoms with E-state index in [2.05, 4.69) is 97.3 Å². The lowest BCUT2D eigenvalue weighted by atomic mass is 10.0. The van der Waals surface area contributed by atoms with Gasteiger partial charge in [-0.25, -0.2) is 0 Å². The molecule has 0 aliphatic rings. The Morgan fingerprint density at radius 1 is 0.361 bits per heavy atom. The van der Waals surface area contributed by atoms with E-state index < -0.39 is 0 Å². The van der Waals surface area contributed by atoms with Crippen molar-refractivity contribution in [2.45, 2.75) is 104 Å². The van der Waals surface area contributed by atoms with Gasteiger partial charge in [-0.2, -0.15) is 0 Å². The minimum atomic E-state index is 1.11. The Balaban J connectivity index is 1.38. The molecule has 0 saturated heterocycles. The summed E-state index contributed by atoms with van der Waals surface area (Å²) in [5, 5.41) is 7.06. The van der Waals surface area contributed by atoms with Gasteiger partial charge in [0.15, 0.2) is 0 Å². The molecule has 3 rings (SSSR count). The van der Waals surface area contributed by atoms with Gasteiger partial charge in [-0.15, -0.1) is 0 Å². The molecule has 2 heteroatoms. The summed E-state index contributed by atoms with van der Waals surface area (Å²) in [5.74, 6) is 0. The van der Waals surface area contributed by atoms with Gasteiger partial charge in [0.2, 0.25) is 0 Å². The Labute approximate surface area is 220 Å². The molecular weight excluding hydrogens is 436 g/mol. The van der Waals surface area contributed by atoms with Gasteiger partial charge in [-0.1, -0.05) is 102 Å². The summed E-state index contributed by atoms with van der Waals surface area (Å²) < 4.78 is 0. The highest BCUT2D eigenvalue weighted by molar-refractivity contribution is 5.66. The Morgan fingerprint density at radius 2 is 0.639 bits per heavy atom. The Kier molecular flexibility index (Phi) is 13.0. The fourth-order valence-electron chi connectivity index (χ4n) is 4.70. The van der Waals surface area contributed by atoms with Crippen molar-refractivity contribution in [3.63, 3.8) is 0 Å². The molecular formula is C34H48N2. The highest BCUT2D eigenvalue weighted by atomic mass is 14.9. The molecule has 0 radical (unpaired) electrons. The summed E-state index contributed by atoms with van der Waals surface area (Å²) in [6.45, 7) is 4.55. The van der Waals surface area contributed by atoms with Crippen molar-refractivity contribution in [3.8, 4) is 0 Å². The minimum absolute atomic E-state index is 1.11. The molecule has 3 aromatic carbocycles. The third-order valence-corrected chi connectivity index (χ3v) is 7.01. The summed E-state index contributed by atoms with van der Waals surface area (Å²) in [6.07, 6.45) is 18.6. The predicted octanol–water partition coefficient (Wildman–Crippen LogP) is 11.0. The monoisotopic (exact) mass is 484 g/mol. The van der Waals surface area contributed by atoms with Crippen molar-refractivity contribution in [1.82, 2.24) is 0 Å². The van der Waals surface area contributed by atoms with Crippen molar-refractivity contribution in [2.24, 2.45) is 0 Å². The topological polar surface area (TPSA) is 24.1 Å². The molecule has 0 unspecified atom stereocenters. The van der Waals surface area contributed by atoms with Gasteiger partial charge < -0.3 is 10.6 Å². The quantitative estimate of drug-likeness (QED) is 0.175. The van der Waals surface area contributed by atoms with Crippen molar-refractivity contribution in [1.29, 1.82) is 0 Å². The molecule has 0 bridgehead atoms. The van der Waals surface area contributed by atoms with Crippen LogP contribution in [0.25, 0.3) is 0 Å². The first kappa shape index (κ1) is 27.8. The number of aryl methyl sites for hydroxylation is 2. The van der Waals surface area contributed by atoms with E-state index in [-0.39, 0.29) is 0 Å². The standard InChI is InChI=1S/C34H48N2/c1-3-5-7-9-11-13-15-29-17-21-31(22-18-29)35-33-25-27-34(28-26-33)36-32-23-19-30(20-24-32)16-14-12-10-8-6-4-2/h17-28,35-36H,3-16H2,1-2H3. The lowest BCUT2D eigenvalue weighted by Crippen LogP contribution is -1.94. The summed E-state index contributed by atoms with van der Waals surface area (Å²) in [4.78, 5) is 0. The summed E-state index contributed by atoms with van der Waals surface area (Å²) >= 11 is 0. The fourth-order valence-corrected chi connectivity index (χ4v) is 4.70. The second kappa shape index (κ2) is 16.8. The van der Waals surface area contributed by atoms with Gasteiger partial charge in [0.1, 0.15) is 0 Å².